The fourth-order valence-corrected chi connectivity index (χ4v) is 6.11. The lowest BCUT2D eigenvalue weighted by atomic mass is 10.0. The Morgan fingerprint density at radius 1 is 0.744 bits per heavy atom. The number of aliphatic carboxylic acids is 2. The third-order valence-electron chi connectivity index (χ3n) is 6.62. The molecule has 228 valence electrons. The quantitative estimate of drug-likeness (QED) is 0.111. The molecule has 11 nitrogen and oxygen atoms in total. The number of rotatable bonds is 16. The van der Waals surface area contributed by atoms with Crippen LogP contribution in [0.2, 0.25) is 0 Å². The number of carbonyl (C=O) groups excluding carboxylic acids is 2. The van der Waals surface area contributed by atoms with Crippen LogP contribution in [0.3, 0.4) is 0 Å². The molecule has 0 bridgehead atoms. The number of carboxylic acids is 2. The molecule has 0 aliphatic rings. The molecule has 4 aromatic rings. The van der Waals surface area contributed by atoms with Crippen molar-refractivity contribution in [1.82, 2.24) is 4.98 Å². The summed E-state index contributed by atoms with van der Waals surface area (Å²) < 4.78 is 23.5. The summed E-state index contributed by atoms with van der Waals surface area (Å²) in [6.45, 7) is 3.57. The van der Waals surface area contributed by atoms with Crippen molar-refractivity contribution in [1.29, 1.82) is 0 Å². The molecule has 4 rings (SSSR count). The highest BCUT2D eigenvalue weighted by Crippen LogP contribution is 2.38. The van der Waals surface area contributed by atoms with Gasteiger partial charge in [-0.25, -0.2) is 0 Å². The van der Waals surface area contributed by atoms with Gasteiger partial charge in [-0.2, -0.15) is 4.98 Å². The zero-order chi connectivity index (χ0) is 31.3. The summed E-state index contributed by atoms with van der Waals surface area (Å²) in [7, 11) is 2.99. The minimum Gasteiger partial charge on any atom is -0.493 e. The van der Waals surface area contributed by atoms with Crippen LogP contribution in [0.1, 0.15) is 52.5 Å². The Hall–Kier alpha value is -4.23. The van der Waals surface area contributed by atoms with Crippen LogP contribution < -0.4 is 18.9 Å². The Kier molecular flexibility index (Phi) is 10.2. The number of aromatic nitrogens is 1. The number of ketones is 2. The number of hydrogen-bond acceptors (Lipinski definition) is 11. The van der Waals surface area contributed by atoms with Crippen LogP contribution in [0.25, 0.3) is 20.3 Å². The fourth-order valence-electron chi connectivity index (χ4n) is 4.14. The van der Waals surface area contributed by atoms with Crippen LogP contribution in [0.5, 0.6) is 23.1 Å². The predicted octanol–water partition coefficient (Wildman–Crippen LogP) is 5.96. The first kappa shape index (κ1) is 31.7. The van der Waals surface area contributed by atoms with Crippen molar-refractivity contribution >= 4 is 66.5 Å². The minimum atomic E-state index is -1.02. The number of carbonyl (C=O) groups is 4. The average Bonchev–Trinajstić information content (AvgIpc) is 3.59. The number of methoxy groups -OCH3 is 2. The van der Waals surface area contributed by atoms with E-state index < -0.39 is 23.8 Å². The normalized spacial score (nSPS) is 12.6. The van der Waals surface area contributed by atoms with Crippen molar-refractivity contribution in [2.75, 3.05) is 27.4 Å². The van der Waals surface area contributed by atoms with E-state index >= 15 is 0 Å². The maximum absolute atomic E-state index is 12.6. The number of Topliss-reactive ketones (excluding diaryl/α,β-unsaturated/α-hetero) is 2. The Bertz CT molecular complexity index is 1550. The maximum Gasteiger partial charge on any atom is 0.306 e. The SMILES string of the molecule is COc1cc2sc(C(=O)C[C@H](C)C(=O)O)cc2cc1OCCCOc1cc2cc(C(=O)C[C@H](C)C(=O)O)sc2nc1OC. The standard InChI is InChI=1S/C30H31NO10S2/c1-15(29(34)35)8-19(32)25-12-17-10-22(21(38-3)14-24(17)42-25)40-6-5-7-41-23-11-18-13-26(20(33)9-16(2)30(36)37)43-28(18)31-27(23)39-4/h10-16H,5-9H2,1-4H3,(H,34,35)(H,36,37)/t15-,16-/m0/s1. The van der Waals surface area contributed by atoms with Crippen LogP contribution in [0, 0.1) is 11.8 Å². The minimum absolute atomic E-state index is 0.0757. The molecule has 2 N–H and O–H groups in total. The van der Waals surface area contributed by atoms with Crippen molar-refractivity contribution in [2.24, 2.45) is 11.8 Å². The van der Waals surface area contributed by atoms with Gasteiger partial charge in [0.05, 0.1) is 49.0 Å². The summed E-state index contributed by atoms with van der Waals surface area (Å²) in [6.07, 6.45) is 0.328. The molecule has 0 saturated carbocycles. The molecule has 13 heteroatoms. The van der Waals surface area contributed by atoms with Crippen LogP contribution in [-0.4, -0.2) is 66.1 Å². The average molecular weight is 630 g/mol. The van der Waals surface area contributed by atoms with Crippen LogP contribution >= 0.6 is 22.7 Å². The van der Waals surface area contributed by atoms with Gasteiger partial charge in [0.15, 0.2) is 28.8 Å². The van der Waals surface area contributed by atoms with E-state index in [9.17, 15) is 19.2 Å². The van der Waals surface area contributed by atoms with E-state index in [2.05, 4.69) is 4.98 Å². The van der Waals surface area contributed by atoms with Gasteiger partial charge in [0.2, 0.25) is 0 Å². The molecule has 0 amide bonds. The molecule has 0 fully saturated rings. The first-order chi connectivity index (χ1) is 20.5. The molecular weight excluding hydrogens is 598 g/mol. The highest BCUT2D eigenvalue weighted by atomic mass is 32.1. The first-order valence-electron chi connectivity index (χ1n) is 13.4. The second-order valence-corrected chi connectivity index (χ2v) is 12.1. The number of nitrogens with zero attached hydrogens (tertiary/aromatic N) is 1. The molecule has 2 atom stereocenters. The zero-order valence-electron chi connectivity index (χ0n) is 24.0. The van der Waals surface area contributed by atoms with Crippen molar-refractivity contribution in [3.8, 4) is 23.1 Å². The van der Waals surface area contributed by atoms with Crippen molar-refractivity contribution in [3.05, 3.63) is 40.1 Å². The number of fused-ring (bicyclic) bond motifs is 2. The highest BCUT2D eigenvalue weighted by Gasteiger charge is 2.21. The molecule has 0 unspecified atom stereocenters. The largest absolute Gasteiger partial charge is 0.493 e. The summed E-state index contributed by atoms with van der Waals surface area (Å²) in [6, 6.07) is 8.73. The van der Waals surface area contributed by atoms with Gasteiger partial charge in [0, 0.05) is 35.4 Å². The lowest BCUT2D eigenvalue weighted by Gasteiger charge is -2.12. The number of benzene rings is 1. The van der Waals surface area contributed by atoms with Gasteiger partial charge in [-0.15, -0.1) is 22.7 Å². The van der Waals surface area contributed by atoms with E-state index in [1.807, 2.05) is 0 Å². The molecule has 0 aliphatic carbocycles. The number of carboxylic acid groups (broad SMARTS) is 2. The fraction of sp³-hybridized carbons (Fsp3) is 0.367. The summed E-state index contributed by atoms with van der Waals surface area (Å²) >= 11 is 2.46. The van der Waals surface area contributed by atoms with E-state index in [0.717, 1.165) is 10.1 Å². The zero-order valence-corrected chi connectivity index (χ0v) is 25.6. The predicted molar refractivity (Wildman–Crippen MR) is 162 cm³/mol. The Morgan fingerprint density at radius 3 is 1.88 bits per heavy atom. The molecule has 0 spiro atoms. The van der Waals surface area contributed by atoms with Crippen LogP contribution in [-0.2, 0) is 9.59 Å². The lowest BCUT2D eigenvalue weighted by molar-refractivity contribution is -0.141. The topological polar surface area (TPSA) is 159 Å². The van der Waals surface area contributed by atoms with Gasteiger partial charge in [0.1, 0.15) is 4.83 Å². The second-order valence-electron chi connectivity index (χ2n) is 9.94. The molecular formula is C30H31NO10S2. The van der Waals surface area contributed by atoms with E-state index in [1.54, 1.807) is 30.3 Å². The van der Waals surface area contributed by atoms with Gasteiger partial charge in [0.25, 0.3) is 5.88 Å². The summed E-state index contributed by atoms with van der Waals surface area (Å²) in [4.78, 5) is 53.3. The van der Waals surface area contributed by atoms with Gasteiger partial charge in [-0.05, 0) is 29.7 Å². The number of ether oxygens (including phenoxy) is 4. The van der Waals surface area contributed by atoms with E-state index in [-0.39, 0.29) is 36.9 Å². The third kappa shape index (κ3) is 7.59. The highest BCUT2D eigenvalue weighted by molar-refractivity contribution is 7.21. The molecule has 1 aromatic carbocycles. The van der Waals surface area contributed by atoms with Crippen LogP contribution in [0.15, 0.2) is 30.3 Å². The van der Waals surface area contributed by atoms with Gasteiger partial charge in [-0.3, -0.25) is 19.2 Å². The van der Waals surface area contributed by atoms with Gasteiger partial charge >= 0.3 is 11.9 Å². The lowest BCUT2D eigenvalue weighted by Crippen LogP contribution is -2.13. The third-order valence-corrected chi connectivity index (χ3v) is 8.84. The summed E-state index contributed by atoms with van der Waals surface area (Å²) in [5, 5.41) is 19.7. The molecule has 43 heavy (non-hydrogen) atoms. The summed E-state index contributed by atoms with van der Waals surface area (Å²) in [5.41, 5.74) is 0. The van der Waals surface area contributed by atoms with Gasteiger partial charge in [-0.1, -0.05) is 13.8 Å². The van der Waals surface area contributed by atoms with E-state index in [4.69, 9.17) is 29.2 Å². The Balaban J connectivity index is 1.38. The maximum atomic E-state index is 12.6. The number of pyridine rings is 1. The Labute approximate surface area is 255 Å². The number of thiophene rings is 2. The summed E-state index contributed by atoms with van der Waals surface area (Å²) in [5.74, 6) is -2.40. The molecule has 3 heterocycles. The molecule has 0 radical (unpaired) electrons. The van der Waals surface area contributed by atoms with E-state index in [0.29, 0.717) is 50.2 Å². The first-order valence-corrected chi connectivity index (χ1v) is 15.0. The monoisotopic (exact) mass is 629 g/mol. The molecule has 3 aromatic heterocycles. The second kappa shape index (κ2) is 13.8. The smallest absolute Gasteiger partial charge is 0.306 e. The van der Waals surface area contributed by atoms with Crippen LogP contribution in [0.4, 0.5) is 0 Å². The molecule has 0 saturated heterocycles. The van der Waals surface area contributed by atoms with Crippen molar-refractivity contribution in [2.45, 2.75) is 33.1 Å². The molecule has 0 aliphatic heterocycles. The van der Waals surface area contributed by atoms with Crippen molar-refractivity contribution in [3.63, 3.8) is 0 Å². The van der Waals surface area contributed by atoms with Gasteiger partial charge < -0.3 is 29.2 Å². The Morgan fingerprint density at radius 2 is 1.30 bits per heavy atom. The van der Waals surface area contributed by atoms with Crippen molar-refractivity contribution < 1.29 is 48.3 Å². The van der Waals surface area contributed by atoms with E-state index in [1.165, 1.54) is 50.7 Å². The number of hydrogen-bond donors (Lipinski definition) is 2.